The maximum absolute atomic E-state index is 5.56. The fraction of sp³-hybridized carbons (Fsp3) is 0.625. The summed E-state index contributed by atoms with van der Waals surface area (Å²) in [4.78, 5) is 5.04. The first kappa shape index (κ1) is 12.9. The highest BCUT2D eigenvalue weighted by atomic mass is 16.5. The zero-order valence-corrected chi connectivity index (χ0v) is 11.9. The lowest BCUT2D eigenvalue weighted by atomic mass is 10.1. The molecule has 3 rings (SSSR count). The van der Waals surface area contributed by atoms with Crippen molar-refractivity contribution in [2.45, 2.75) is 19.3 Å². The van der Waals surface area contributed by atoms with Gasteiger partial charge in [0.1, 0.15) is 5.75 Å². The maximum atomic E-state index is 5.56. The molecule has 1 saturated heterocycles. The second-order valence-electron chi connectivity index (χ2n) is 5.79. The lowest BCUT2D eigenvalue weighted by Gasteiger charge is -2.20. The van der Waals surface area contributed by atoms with E-state index in [0.29, 0.717) is 0 Å². The van der Waals surface area contributed by atoms with Gasteiger partial charge in [-0.25, -0.2) is 0 Å². The molecule has 0 aliphatic carbocycles. The first-order valence-electron chi connectivity index (χ1n) is 7.47. The average molecular weight is 260 g/mol. The summed E-state index contributed by atoms with van der Waals surface area (Å²) in [5.74, 6) is 1.10. The molecule has 2 heterocycles. The van der Waals surface area contributed by atoms with Gasteiger partial charge >= 0.3 is 0 Å². The first-order chi connectivity index (χ1) is 9.31. The quantitative estimate of drug-likeness (QED) is 0.824. The van der Waals surface area contributed by atoms with E-state index in [1.165, 1.54) is 50.3 Å². The Morgan fingerprint density at radius 3 is 3.05 bits per heavy atom. The van der Waals surface area contributed by atoms with Gasteiger partial charge in [-0.1, -0.05) is 12.1 Å². The van der Waals surface area contributed by atoms with Gasteiger partial charge in [0.2, 0.25) is 0 Å². The molecule has 2 aliphatic heterocycles. The van der Waals surface area contributed by atoms with Gasteiger partial charge in [0.25, 0.3) is 0 Å². The zero-order chi connectivity index (χ0) is 13.1. The number of fused-ring (bicyclic) bond motifs is 1. The van der Waals surface area contributed by atoms with E-state index >= 15 is 0 Å². The summed E-state index contributed by atoms with van der Waals surface area (Å²) < 4.78 is 5.56. The minimum Gasteiger partial charge on any atom is -0.493 e. The number of hydrogen-bond acceptors (Lipinski definition) is 3. The van der Waals surface area contributed by atoms with Crippen LogP contribution in [0.1, 0.15) is 17.5 Å². The van der Waals surface area contributed by atoms with Crippen LogP contribution in [0.25, 0.3) is 0 Å². The maximum Gasteiger partial charge on any atom is 0.122 e. The average Bonchev–Trinajstić information content (AvgIpc) is 2.79. The van der Waals surface area contributed by atoms with Gasteiger partial charge in [-0.2, -0.15) is 0 Å². The predicted molar refractivity (Wildman–Crippen MR) is 77.9 cm³/mol. The third-order valence-corrected chi connectivity index (χ3v) is 4.28. The van der Waals surface area contributed by atoms with Gasteiger partial charge in [-0.15, -0.1) is 0 Å². The van der Waals surface area contributed by atoms with Gasteiger partial charge in [-0.3, -0.25) is 0 Å². The molecule has 1 aromatic rings. The van der Waals surface area contributed by atoms with Gasteiger partial charge in [0.05, 0.1) is 6.61 Å². The lowest BCUT2D eigenvalue weighted by Crippen LogP contribution is -2.30. The highest BCUT2D eigenvalue weighted by Gasteiger charge is 2.14. The van der Waals surface area contributed by atoms with Crippen LogP contribution in [-0.2, 0) is 12.8 Å². The van der Waals surface area contributed by atoms with E-state index in [2.05, 4.69) is 35.0 Å². The summed E-state index contributed by atoms with van der Waals surface area (Å²) in [7, 11) is 2.23. The van der Waals surface area contributed by atoms with E-state index in [1.54, 1.807) is 0 Å². The Kier molecular flexibility index (Phi) is 4.04. The number of benzene rings is 1. The Labute approximate surface area is 116 Å². The molecule has 0 unspecified atom stereocenters. The summed E-state index contributed by atoms with van der Waals surface area (Å²) in [6.07, 6.45) is 3.54. The Bertz CT molecular complexity index is 433. The van der Waals surface area contributed by atoms with Gasteiger partial charge < -0.3 is 14.5 Å². The standard InChI is InChI=1S/C16H24N2O/c1-17-7-2-8-18(11-10-17)9-5-14-3-4-16-15(13-14)6-12-19-16/h3-4,13H,2,5-12H2,1H3. The molecule has 0 saturated carbocycles. The molecule has 3 nitrogen and oxygen atoms in total. The Morgan fingerprint density at radius 1 is 1.16 bits per heavy atom. The molecule has 0 amide bonds. The third-order valence-electron chi connectivity index (χ3n) is 4.28. The number of likely N-dealkylation sites (N-methyl/N-ethyl adjacent to an activating group) is 1. The van der Waals surface area contributed by atoms with Crippen LogP contribution in [0.15, 0.2) is 18.2 Å². The van der Waals surface area contributed by atoms with Gasteiger partial charge in [-0.05, 0) is 50.2 Å². The van der Waals surface area contributed by atoms with Crippen molar-refractivity contribution < 1.29 is 4.74 Å². The molecule has 2 aliphatic rings. The molecule has 3 heteroatoms. The smallest absolute Gasteiger partial charge is 0.122 e. The van der Waals surface area contributed by atoms with Gasteiger partial charge in [0, 0.05) is 26.1 Å². The van der Waals surface area contributed by atoms with Crippen LogP contribution in [-0.4, -0.2) is 56.2 Å². The predicted octanol–water partition coefficient (Wildman–Crippen LogP) is 1.80. The minimum atomic E-state index is 0.858. The van der Waals surface area contributed by atoms with Crippen molar-refractivity contribution in [2.75, 3.05) is 46.4 Å². The summed E-state index contributed by atoms with van der Waals surface area (Å²) >= 11 is 0. The van der Waals surface area contributed by atoms with E-state index in [9.17, 15) is 0 Å². The zero-order valence-electron chi connectivity index (χ0n) is 11.9. The fourth-order valence-corrected chi connectivity index (χ4v) is 3.01. The SMILES string of the molecule is CN1CCCN(CCc2ccc3c(c2)CCO3)CC1. The van der Waals surface area contributed by atoms with E-state index in [4.69, 9.17) is 4.74 Å². The number of ether oxygens (including phenoxy) is 1. The van der Waals surface area contributed by atoms with Gasteiger partial charge in [0.15, 0.2) is 0 Å². The summed E-state index contributed by atoms with van der Waals surface area (Å²) in [5.41, 5.74) is 2.86. The van der Waals surface area contributed by atoms with Crippen LogP contribution in [0.3, 0.4) is 0 Å². The summed E-state index contributed by atoms with van der Waals surface area (Å²) in [6, 6.07) is 6.72. The van der Waals surface area contributed by atoms with Crippen LogP contribution in [0, 0.1) is 0 Å². The van der Waals surface area contributed by atoms with Crippen molar-refractivity contribution in [3.05, 3.63) is 29.3 Å². The number of nitrogens with zero attached hydrogens (tertiary/aromatic N) is 2. The topological polar surface area (TPSA) is 15.7 Å². The molecule has 19 heavy (non-hydrogen) atoms. The molecule has 0 aromatic heterocycles. The Balaban J connectivity index is 1.54. The highest BCUT2D eigenvalue weighted by molar-refractivity contribution is 5.39. The Hall–Kier alpha value is -1.06. The van der Waals surface area contributed by atoms with E-state index in [0.717, 1.165) is 25.2 Å². The van der Waals surface area contributed by atoms with Crippen molar-refractivity contribution in [1.29, 1.82) is 0 Å². The molecule has 1 fully saturated rings. The normalized spacial score (nSPS) is 20.9. The molecule has 1 aromatic carbocycles. The van der Waals surface area contributed by atoms with Crippen LogP contribution >= 0.6 is 0 Å². The first-order valence-corrected chi connectivity index (χ1v) is 7.47. The van der Waals surface area contributed by atoms with Crippen LogP contribution in [0.2, 0.25) is 0 Å². The minimum absolute atomic E-state index is 0.858. The molecule has 0 N–H and O–H groups in total. The monoisotopic (exact) mass is 260 g/mol. The third kappa shape index (κ3) is 3.28. The number of hydrogen-bond donors (Lipinski definition) is 0. The highest BCUT2D eigenvalue weighted by Crippen LogP contribution is 2.26. The molecule has 104 valence electrons. The Morgan fingerprint density at radius 2 is 2.11 bits per heavy atom. The molecule has 0 atom stereocenters. The lowest BCUT2D eigenvalue weighted by molar-refractivity contribution is 0.279. The number of rotatable bonds is 3. The largest absolute Gasteiger partial charge is 0.493 e. The molecule has 0 spiro atoms. The second kappa shape index (κ2) is 5.93. The molecular weight excluding hydrogens is 236 g/mol. The van der Waals surface area contributed by atoms with Crippen molar-refractivity contribution >= 4 is 0 Å². The molecular formula is C16H24N2O. The molecule has 0 bridgehead atoms. The van der Waals surface area contributed by atoms with E-state index < -0.39 is 0 Å². The second-order valence-corrected chi connectivity index (χ2v) is 5.79. The fourth-order valence-electron chi connectivity index (χ4n) is 3.01. The van der Waals surface area contributed by atoms with Crippen molar-refractivity contribution in [1.82, 2.24) is 9.80 Å². The van der Waals surface area contributed by atoms with Crippen molar-refractivity contribution in [2.24, 2.45) is 0 Å². The van der Waals surface area contributed by atoms with Crippen molar-refractivity contribution in [3.8, 4) is 5.75 Å². The van der Waals surface area contributed by atoms with E-state index in [1.807, 2.05) is 0 Å². The molecule has 0 radical (unpaired) electrons. The van der Waals surface area contributed by atoms with E-state index in [-0.39, 0.29) is 0 Å². The van der Waals surface area contributed by atoms with Crippen LogP contribution in [0.4, 0.5) is 0 Å². The summed E-state index contributed by atoms with van der Waals surface area (Å²) in [5, 5.41) is 0. The van der Waals surface area contributed by atoms with Crippen LogP contribution < -0.4 is 4.74 Å². The summed E-state index contributed by atoms with van der Waals surface area (Å²) in [6.45, 7) is 6.96. The van der Waals surface area contributed by atoms with Crippen LogP contribution in [0.5, 0.6) is 5.75 Å². The van der Waals surface area contributed by atoms with Crippen molar-refractivity contribution in [3.63, 3.8) is 0 Å².